The fourth-order valence-corrected chi connectivity index (χ4v) is 2.88. The Morgan fingerprint density at radius 2 is 1.93 bits per heavy atom. The number of hydrogen-bond acceptors (Lipinski definition) is 5. The molecule has 0 saturated carbocycles. The maximum absolute atomic E-state index is 12.7. The molecule has 1 aliphatic heterocycles. The zero-order valence-electron chi connectivity index (χ0n) is 16.5. The molecule has 1 aliphatic rings. The molecule has 4 amide bonds. The Morgan fingerprint density at radius 3 is 2.44 bits per heavy atom. The Labute approximate surface area is 159 Å². The van der Waals surface area contributed by atoms with E-state index in [0.717, 1.165) is 10.5 Å². The van der Waals surface area contributed by atoms with Gasteiger partial charge in [-0.2, -0.15) is 0 Å². The maximum Gasteiger partial charge on any atom is 0.325 e. The van der Waals surface area contributed by atoms with E-state index in [9.17, 15) is 14.4 Å². The van der Waals surface area contributed by atoms with E-state index in [-0.39, 0.29) is 12.5 Å². The van der Waals surface area contributed by atoms with Gasteiger partial charge < -0.3 is 19.7 Å². The Morgan fingerprint density at radius 1 is 1.22 bits per heavy atom. The summed E-state index contributed by atoms with van der Waals surface area (Å²) in [5, 5.41) is 2.57. The lowest BCUT2D eigenvalue weighted by Gasteiger charge is -2.24. The van der Waals surface area contributed by atoms with Crippen LogP contribution in [0.2, 0.25) is 0 Å². The summed E-state index contributed by atoms with van der Waals surface area (Å²) in [5.41, 5.74) is -0.125. The van der Waals surface area contributed by atoms with Crippen molar-refractivity contribution in [1.29, 1.82) is 0 Å². The van der Waals surface area contributed by atoms with E-state index in [4.69, 9.17) is 9.47 Å². The van der Waals surface area contributed by atoms with Gasteiger partial charge in [-0.1, -0.05) is 6.07 Å². The van der Waals surface area contributed by atoms with E-state index >= 15 is 0 Å². The van der Waals surface area contributed by atoms with Crippen LogP contribution in [0.25, 0.3) is 0 Å². The number of nitrogens with one attached hydrogen (secondary N) is 1. The second-order valence-electron chi connectivity index (χ2n) is 6.77. The van der Waals surface area contributed by atoms with Crippen molar-refractivity contribution in [3.63, 3.8) is 0 Å². The number of urea groups is 1. The number of imide groups is 1. The van der Waals surface area contributed by atoms with Crippen LogP contribution in [0.1, 0.15) is 33.3 Å². The normalized spacial score (nSPS) is 15.5. The molecular weight excluding hydrogens is 350 g/mol. The van der Waals surface area contributed by atoms with Gasteiger partial charge in [0, 0.05) is 13.1 Å². The van der Waals surface area contributed by atoms with Crippen LogP contribution in [0.5, 0.6) is 11.5 Å². The third-order valence-corrected chi connectivity index (χ3v) is 4.37. The van der Waals surface area contributed by atoms with Crippen LogP contribution in [-0.4, -0.2) is 60.0 Å². The Balaban J connectivity index is 2.09. The number of benzene rings is 1. The quantitative estimate of drug-likeness (QED) is 0.698. The van der Waals surface area contributed by atoms with Crippen LogP contribution in [0.3, 0.4) is 0 Å². The van der Waals surface area contributed by atoms with Gasteiger partial charge in [0.2, 0.25) is 5.91 Å². The molecule has 2 rings (SSSR count). The molecule has 0 radical (unpaired) electrons. The van der Waals surface area contributed by atoms with Crippen LogP contribution in [0.15, 0.2) is 18.2 Å². The van der Waals surface area contributed by atoms with Gasteiger partial charge in [-0.25, -0.2) is 4.79 Å². The average Bonchev–Trinajstić information content (AvgIpc) is 2.82. The van der Waals surface area contributed by atoms with E-state index in [1.807, 2.05) is 26.0 Å². The van der Waals surface area contributed by atoms with E-state index in [1.165, 1.54) is 0 Å². The topological polar surface area (TPSA) is 88.2 Å². The number of amides is 4. The van der Waals surface area contributed by atoms with Crippen molar-refractivity contribution in [2.45, 2.75) is 39.8 Å². The zero-order chi connectivity index (χ0) is 20.2. The van der Waals surface area contributed by atoms with Gasteiger partial charge in [0.1, 0.15) is 12.1 Å². The number of methoxy groups -OCH3 is 1. The molecule has 1 N–H and O–H groups in total. The second kappa shape index (κ2) is 8.28. The van der Waals surface area contributed by atoms with Gasteiger partial charge >= 0.3 is 6.03 Å². The first-order chi connectivity index (χ1) is 12.7. The van der Waals surface area contributed by atoms with Crippen molar-refractivity contribution in [2.24, 2.45) is 0 Å². The number of carbonyl (C=O) groups excluding carboxylic acids is 3. The van der Waals surface area contributed by atoms with Crippen molar-refractivity contribution in [3.05, 3.63) is 23.8 Å². The molecule has 8 nitrogen and oxygen atoms in total. The summed E-state index contributed by atoms with van der Waals surface area (Å²) in [7, 11) is 1.56. The van der Waals surface area contributed by atoms with Crippen LogP contribution in [0.4, 0.5) is 4.79 Å². The van der Waals surface area contributed by atoms with Crippen molar-refractivity contribution in [2.75, 3.05) is 26.8 Å². The summed E-state index contributed by atoms with van der Waals surface area (Å²) in [4.78, 5) is 39.4. The average molecular weight is 377 g/mol. The Bertz CT molecular complexity index is 732. The molecule has 1 fully saturated rings. The first kappa shape index (κ1) is 20.5. The summed E-state index contributed by atoms with van der Waals surface area (Å²) in [6.45, 7) is 7.99. The number of likely N-dealkylation sites (N-methyl/N-ethyl adjacent to an activating group) is 1. The van der Waals surface area contributed by atoms with E-state index in [1.54, 1.807) is 31.9 Å². The van der Waals surface area contributed by atoms with Gasteiger partial charge in [-0.05, 0) is 45.4 Å². The summed E-state index contributed by atoms with van der Waals surface area (Å²) < 4.78 is 10.8. The molecule has 0 atom stereocenters. The molecule has 1 aromatic rings. The number of carbonyl (C=O) groups is 3. The minimum atomic E-state index is -0.989. The molecule has 27 heavy (non-hydrogen) atoms. The Hall–Kier alpha value is -2.77. The number of nitrogens with zero attached hydrogens (tertiary/aromatic N) is 2. The largest absolute Gasteiger partial charge is 0.493 e. The second-order valence-corrected chi connectivity index (χ2v) is 6.77. The molecule has 0 aromatic heterocycles. The summed E-state index contributed by atoms with van der Waals surface area (Å²) in [6.07, 6.45) is 0. The monoisotopic (exact) mass is 377 g/mol. The van der Waals surface area contributed by atoms with E-state index in [2.05, 4.69) is 5.32 Å². The first-order valence-corrected chi connectivity index (χ1v) is 8.95. The first-order valence-electron chi connectivity index (χ1n) is 8.95. The molecule has 0 bridgehead atoms. The van der Waals surface area contributed by atoms with Gasteiger partial charge in [0.15, 0.2) is 11.5 Å². The van der Waals surface area contributed by atoms with Crippen LogP contribution >= 0.6 is 0 Å². The SMILES string of the molecule is CCOc1ccc(CN(CC)C(=O)CN2C(=O)NC(C)(C)C2=O)cc1OC. The molecule has 1 saturated heterocycles. The highest BCUT2D eigenvalue weighted by molar-refractivity contribution is 6.08. The summed E-state index contributed by atoms with van der Waals surface area (Å²) >= 11 is 0. The highest BCUT2D eigenvalue weighted by atomic mass is 16.5. The predicted octanol–water partition coefficient (Wildman–Crippen LogP) is 1.77. The van der Waals surface area contributed by atoms with Gasteiger partial charge in [0.25, 0.3) is 5.91 Å². The van der Waals surface area contributed by atoms with E-state index < -0.39 is 17.5 Å². The number of hydrogen-bond donors (Lipinski definition) is 1. The minimum Gasteiger partial charge on any atom is -0.493 e. The van der Waals surface area contributed by atoms with Crippen molar-refractivity contribution < 1.29 is 23.9 Å². The molecule has 148 valence electrons. The lowest BCUT2D eigenvalue weighted by Crippen LogP contribution is -2.44. The van der Waals surface area contributed by atoms with Crippen molar-refractivity contribution in [1.82, 2.24) is 15.1 Å². The molecule has 0 aliphatic carbocycles. The van der Waals surface area contributed by atoms with Crippen molar-refractivity contribution >= 4 is 17.8 Å². The molecule has 8 heteroatoms. The van der Waals surface area contributed by atoms with Crippen LogP contribution in [0, 0.1) is 0 Å². The summed E-state index contributed by atoms with van der Waals surface area (Å²) in [5.74, 6) is 0.527. The van der Waals surface area contributed by atoms with Gasteiger partial charge in [-0.15, -0.1) is 0 Å². The third-order valence-electron chi connectivity index (χ3n) is 4.37. The smallest absolute Gasteiger partial charge is 0.325 e. The minimum absolute atomic E-state index is 0.282. The maximum atomic E-state index is 12.7. The van der Waals surface area contributed by atoms with Gasteiger partial charge in [-0.3, -0.25) is 14.5 Å². The van der Waals surface area contributed by atoms with Crippen molar-refractivity contribution in [3.8, 4) is 11.5 Å². The predicted molar refractivity (Wildman–Crippen MR) is 99.6 cm³/mol. The highest BCUT2D eigenvalue weighted by Gasteiger charge is 2.45. The van der Waals surface area contributed by atoms with Crippen LogP contribution in [-0.2, 0) is 16.1 Å². The van der Waals surface area contributed by atoms with E-state index in [0.29, 0.717) is 31.2 Å². The molecule has 0 unspecified atom stereocenters. The molecular formula is C19H27N3O5. The fraction of sp³-hybridized carbons (Fsp3) is 0.526. The molecule has 1 aromatic carbocycles. The fourth-order valence-electron chi connectivity index (χ4n) is 2.88. The Kier molecular flexibility index (Phi) is 6.30. The highest BCUT2D eigenvalue weighted by Crippen LogP contribution is 2.28. The lowest BCUT2D eigenvalue weighted by molar-refractivity contribution is -0.138. The molecule has 1 heterocycles. The molecule has 0 spiro atoms. The zero-order valence-corrected chi connectivity index (χ0v) is 16.5. The lowest BCUT2D eigenvalue weighted by atomic mass is 10.1. The van der Waals surface area contributed by atoms with Crippen LogP contribution < -0.4 is 14.8 Å². The third kappa shape index (κ3) is 4.50. The number of rotatable bonds is 8. The number of ether oxygens (including phenoxy) is 2. The standard InChI is InChI=1S/C19H27N3O5/c1-6-21(11-13-8-9-14(27-7-2)15(10-13)26-5)16(23)12-22-17(24)19(3,4)20-18(22)25/h8-10H,6-7,11-12H2,1-5H3,(H,20,25). The van der Waals surface area contributed by atoms with Gasteiger partial charge in [0.05, 0.1) is 13.7 Å². The summed E-state index contributed by atoms with van der Waals surface area (Å²) in [6, 6.07) is 4.94.